The summed E-state index contributed by atoms with van der Waals surface area (Å²) in [6.07, 6.45) is 3.86. The molecule has 1 amide bonds. The summed E-state index contributed by atoms with van der Waals surface area (Å²) in [5, 5.41) is 0. The number of primary amides is 1. The number of benzene rings is 2. The van der Waals surface area contributed by atoms with Gasteiger partial charge >= 0.3 is 0 Å². The molecule has 0 radical (unpaired) electrons. The highest BCUT2D eigenvalue weighted by atomic mass is 16.5. The maximum atomic E-state index is 12.3. The molecular formula is C23H20N2O4. The van der Waals surface area contributed by atoms with Crippen molar-refractivity contribution in [3.63, 3.8) is 0 Å². The van der Waals surface area contributed by atoms with Crippen LogP contribution in [0.25, 0.3) is 0 Å². The number of pyridine rings is 1. The highest BCUT2D eigenvalue weighted by Gasteiger charge is 2.26. The van der Waals surface area contributed by atoms with Crippen molar-refractivity contribution in [1.29, 1.82) is 0 Å². The Morgan fingerprint density at radius 1 is 1.21 bits per heavy atom. The van der Waals surface area contributed by atoms with Crippen LogP contribution in [0.15, 0.2) is 60.9 Å². The molecule has 2 aromatic carbocycles. The molecule has 1 atom stereocenters. The molecule has 1 aliphatic rings. The highest BCUT2D eigenvalue weighted by Crippen LogP contribution is 2.35. The number of hydrogen-bond acceptors (Lipinski definition) is 5. The van der Waals surface area contributed by atoms with Crippen LogP contribution in [0.2, 0.25) is 0 Å². The lowest BCUT2D eigenvalue weighted by Gasteiger charge is -2.22. The van der Waals surface area contributed by atoms with Crippen molar-refractivity contribution in [3.05, 3.63) is 83.2 Å². The fraction of sp³-hybridized carbons (Fsp3) is 0.174. The number of Topliss-reactive ketones (excluding diaryl/α,β-unsaturated/α-hetero) is 1. The zero-order valence-electron chi connectivity index (χ0n) is 15.9. The largest absolute Gasteiger partial charge is 0.492 e. The van der Waals surface area contributed by atoms with Gasteiger partial charge in [-0.3, -0.25) is 14.6 Å². The zero-order chi connectivity index (χ0) is 20.4. The second-order valence-electron chi connectivity index (χ2n) is 7.02. The van der Waals surface area contributed by atoms with Crippen LogP contribution in [0, 0.1) is 5.92 Å². The Morgan fingerprint density at radius 3 is 2.76 bits per heavy atom. The van der Waals surface area contributed by atoms with Gasteiger partial charge in [-0.15, -0.1) is 0 Å². The van der Waals surface area contributed by atoms with Gasteiger partial charge in [-0.1, -0.05) is 13.0 Å². The molecular weight excluding hydrogens is 368 g/mol. The van der Waals surface area contributed by atoms with Gasteiger partial charge in [0.1, 0.15) is 17.2 Å². The van der Waals surface area contributed by atoms with Gasteiger partial charge in [0.05, 0.1) is 18.1 Å². The first-order valence-electron chi connectivity index (χ1n) is 9.32. The van der Waals surface area contributed by atoms with E-state index in [1.165, 1.54) is 0 Å². The first kappa shape index (κ1) is 18.7. The molecule has 1 aliphatic heterocycles. The topological polar surface area (TPSA) is 91.5 Å². The number of nitrogens with two attached hydrogens (primary N) is 1. The maximum absolute atomic E-state index is 12.3. The molecule has 6 heteroatoms. The quantitative estimate of drug-likeness (QED) is 0.718. The molecule has 2 N–H and O–H groups in total. The molecule has 3 aromatic rings. The average Bonchev–Trinajstić information content (AvgIpc) is 2.72. The number of fused-ring (bicyclic) bond motifs is 1. The summed E-state index contributed by atoms with van der Waals surface area (Å²) in [7, 11) is 0. The van der Waals surface area contributed by atoms with Gasteiger partial charge < -0.3 is 15.2 Å². The minimum Gasteiger partial charge on any atom is -0.492 e. The predicted molar refractivity (Wildman–Crippen MR) is 108 cm³/mol. The van der Waals surface area contributed by atoms with Gasteiger partial charge in [0.2, 0.25) is 5.91 Å². The summed E-state index contributed by atoms with van der Waals surface area (Å²) in [6.45, 7) is 2.19. The van der Waals surface area contributed by atoms with Crippen molar-refractivity contribution in [2.45, 2.75) is 13.3 Å². The van der Waals surface area contributed by atoms with E-state index in [1.54, 1.807) is 48.8 Å². The monoisotopic (exact) mass is 388 g/mol. The second kappa shape index (κ2) is 7.75. The van der Waals surface area contributed by atoms with E-state index in [0.717, 1.165) is 5.56 Å². The smallest absolute Gasteiger partial charge is 0.249 e. The van der Waals surface area contributed by atoms with Crippen LogP contribution in [0.1, 0.15) is 38.8 Å². The minimum absolute atomic E-state index is 0.0619. The molecule has 0 unspecified atom stereocenters. The van der Waals surface area contributed by atoms with Crippen LogP contribution in [0.3, 0.4) is 0 Å². The number of carbonyl (C=O) groups excluding carboxylic acids is 2. The lowest BCUT2D eigenvalue weighted by Crippen LogP contribution is -2.25. The average molecular weight is 388 g/mol. The minimum atomic E-state index is -0.520. The normalized spacial score (nSPS) is 15.3. The van der Waals surface area contributed by atoms with Crippen molar-refractivity contribution >= 4 is 11.7 Å². The Balaban J connectivity index is 1.69. The molecule has 0 bridgehead atoms. The van der Waals surface area contributed by atoms with E-state index in [1.807, 2.05) is 19.1 Å². The van der Waals surface area contributed by atoms with Crippen LogP contribution in [0.4, 0.5) is 0 Å². The SMILES string of the molecule is C[C@@H]1COc2cc(Oc3cccc(C(N)=O)c3Cc3ccncc3)ccc2C1=O. The number of aromatic nitrogens is 1. The third-order valence-electron chi connectivity index (χ3n) is 4.91. The Kier molecular flexibility index (Phi) is 4.99. The molecule has 0 aliphatic carbocycles. The van der Waals surface area contributed by atoms with E-state index >= 15 is 0 Å². The second-order valence-corrected chi connectivity index (χ2v) is 7.02. The van der Waals surface area contributed by atoms with Crippen molar-refractivity contribution < 1.29 is 19.1 Å². The summed E-state index contributed by atoms with van der Waals surface area (Å²) < 4.78 is 11.8. The van der Waals surface area contributed by atoms with Gasteiger partial charge in [-0.05, 0) is 42.0 Å². The number of ether oxygens (including phenoxy) is 2. The standard InChI is InChI=1S/C23H20N2O4/c1-14-13-28-21-12-16(5-6-18(21)22(14)26)29-20-4-2-3-17(23(24)27)19(20)11-15-7-9-25-10-8-15/h2-10,12,14H,11,13H2,1H3,(H2,24,27)/t14-/m1/s1. The predicted octanol–water partition coefficient (Wildman–Crippen LogP) is 3.77. The molecule has 29 heavy (non-hydrogen) atoms. The number of carbonyl (C=O) groups is 2. The number of nitrogens with zero attached hydrogens (tertiary/aromatic N) is 1. The summed E-state index contributed by atoms with van der Waals surface area (Å²) in [6, 6.07) is 14.1. The Bertz CT molecular complexity index is 1080. The van der Waals surface area contributed by atoms with E-state index in [-0.39, 0.29) is 11.7 Å². The van der Waals surface area contributed by atoms with Gasteiger partial charge in [-0.2, -0.15) is 0 Å². The molecule has 146 valence electrons. The lowest BCUT2D eigenvalue weighted by molar-refractivity contribution is 0.0848. The third kappa shape index (κ3) is 3.82. The van der Waals surface area contributed by atoms with E-state index in [9.17, 15) is 9.59 Å². The fourth-order valence-corrected chi connectivity index (χ4v) is 3.35. The number of ketones is 1. The lowest BCUT2D eigenvalue weighted by atomic mass is 9.96. The van der Waals surface area contributed by atoms with Crippen LogP contribution in [-0.2, 0) is 6.42 Å². The van der Waals surface area contributed by atoms with Gasteiger partial charge in [0.25, 0.3) is 0 Å². The third-order valence-corrected chi connectivity index (χ3v) is 4.91. The van der Waals surface area contributed by atoms with Crippen LogP contribution >= 0.6 is 0 Å². The maximum Gasteiger partial charge on any atom is 0.249 e. The van der Waals surface area contributed by atoms with Crippen molar-refractivity contribution in [2.24, 2.45) is 11.7 Å². The van der Waals surface area contributed by atoms with E-state index in [4.69, 9.17) is 15.2 Å². The van der Waals surface area contributed by atoms with Crippen molar-refractivity contribution in [2.75, 3.05) is 6.61 Å². The fourth-order valence-electron chi connectivity index (χ4n) is 3.35. The van der Waals surface area contributed by atoms with Crippen LogP contribution in [-0.4, -0.2) is 23.3 Å². The van der Waals surface area contributed by atoms with Gasteiger partial charge in [0, 0.05) is 36.0 Å². The Hall–Kier alpha value is -3.67. The van der Waals surface area contributed by atoms with Crippen LogP contribution < -0.4 is 15.2 Å². The molecule has 6 nitrogen and oxygen atoms in total. The molecule has 0 spiro atoms. The van der Waals surface area contributed by atoms with Crippen LogP contribution in [0.5, 0.6) is 17.2 Å². The summed E-state index contributed by atoms with van der Waals surface area (Å²) in [5.74, 6) is 0.929. The Morgan fingerprint density at radius 2 is 2.00 bits per heavy atom. The summed E-state index contributed by atoms with van der Waals surface area (Å²) >= 11 is 0. The van der Waals surface area contributed by atoms with Crippen molar-refractivity contribution in [1.82, 2.24) is 4.98 Å². The van der Waals surface area contributed by atoms with E-state index < -0.39 is 5.91 Å². The first-order valence-corrected chi connectivity index (χ1v) is 9.32. The Labute approximate surface area is 168 Å². The molecule has 4 rings (SSSR count). The van der Waals surface area contributed by atoms with Gasteiger partial charge in [-0.25, -0.2) is 0 Å². The highest BCUT2D eigenvalue weighted by molar-refractivity contribution is 6.01. The number of hydrogen-bond donors (Lipinski definition) is 1. The molecule has 0 fully saturated rings. The molecule has 1 aromatic heterocycles. The summed E-state index contributed by atoms with van der Waals surface area (Å²) in [4.78, 5) is 28.3. The van der Waals surface area contributed by atoms with E-state index in [2.05, 4.69) is 4.98 Å². The molecule has 2 heterocycles. The molecule has 0 saturated heterocycles. The van der Waals surface area contributed by atoms with Crippen molar-refractivity contribution in [3.8, 4) is 17.2 Å². The summed E-state index contributed by atoms with van der Waals surface area (Å²) in [5.41, 5.74) is 8.21. The molecule has 0 saturated carbocycles. The first-order chi connectivity index (χ1) is 14.0. The van der Waals surface area contributed by atoms with Gasteiger partial charge in [0.15, 0.2) is 5.78 Å². The zero-order valence-corrected chi connectivity index (χ0v) is 15.9. The number of amides is 1. The van der Waals surface area contributed by atoms with E-state index in [0.29, 0.717) is 47.0 Å². The number of rotatable bonds is 5.